The number of aromatic amines is 1. The van der Waals surface area contributed by atoms with E-state index in [4.69, 9.17) is 4.74 Å². The number of aromatic nitrogens is 1. The second-order valence-corrected chi connectivity index (χ2v) is 15.6. The van der Waals surface area contributed by atoms with Crippen molar-refractivity contribution in [3.05, 3.63) is 83.3 Å². The maximum absolute atomic E-state index is 15.1. The fraction of sp³-hybridized carbons (Fsp3) is 0.535. The number of hydrogen-bond acceptors (Lipinski definition) is 6. The number of morpholine rings is 1. The molecule has 1 saturated heterocycles. The highest BCUT2D eigenvalue weighted by Crippen LogP contribution is 2.40. The van der Waals surface area contributed by atoms with E-state index in [1.807, 2.05) is 20.8 Å². The lowest BCUT2D eigenvalue weighted by molar-refractivity contribution is -0.137. The van der Waals surface area contributed by atoms with Crippen molar-refractivity contribution in [2.45, 2.75) is 96.2 Å². The number of aryl methyl sites for hydroxylation is 1. The van der Waals surface area contributed by atoms with E-state index in [9.17, 15) is 23.6 Å². The molecule has 310 valence electrons. The molecule has 5 N–H and O–H groups in total. The Labute approximate surface area is 332 Å². The summed E-state index contributed by atoms with van der Waals surface area (Å²) < 4.78 is 50.0. The van der Waals surface area contributed by atoms with Gasteiger partial charge in [0.25, 0.3) is 5.92 Å². The van der Waals surface area contributed by atoms with E-state index in [0.717, 1.165) is 13.1 Å². The second kappa shape index (κ2) is 19.2. The number of H-pyrrole nitrogens is 1. The lowest BCUT2D eigenvalue weighted by Gasteiger charge is -2.40. The van der Waals surface area contributed by atoms with E-state index in [1.165, 1.54) is 30.3 Å². The number of alkyl halides is 2. The lowest BCUT2D eigenvalue weighted by atomic mass is 9.78. The van der Waals surface area contributed by atoms with E-state index in [-0.39, 0.29) is 73.0 Å². The van der Waals surface area contributed by atoms with E-state index in [1.54, 1.807) is 19.1 Å². The molecule has 3 aromatic rings. The smallest absolute Gasteiger partial charge is 0.293 e. The number of allylic oxidation sites excluding steroid dienone is 1. The first kappa shape index (κ1) is 43.4. The molecule has 2 unspecified atom stereocenters. The Morgan fingerprint density at radius 1 is 1.00 bits per heavy atom. The van der Waals surface area contributed by atoms with Gasteiger partial charge in [-0.1, -0.05) is 83.5 Å². The molecule has 5 rings (SSSR count). The Kier molecular flexibility index (Phi) is 14.6. The Bertz CT molecular complexity index is 1910. The second-order valence-electron chi connectivity index (χ2n) is 15.6. The highest BCUT2D eigenvalue weighted by Gasteiger charge is 2.46. The normalized spacial score (nSPS) is 19.4. The number of rotatable bonds is 18. The number of benzene rings is 2. The van der Waals surface area contributed by atoms with E-state index < -0.39 is 47.1 Å². The summed E-state index contributed by atoms with van der Waals surface area (Å²) in [4.78, 5) is 60.9. The average Bonchev–Trinajstić information content (AvgIpc) is 3.58. The molecule has 2 aliphatic rings. The Hall–Kier alpha value is -4.69. The molecule has 5 atom stereocenters. The highest BCUT2D eigenvalue weighted by molar-refractivity contribution is 5.97. The fourth-order valence-corrected chi connectivity index (χ4v) is 7.65. The van der Waals surface area contributed by atoms with Gasteiger partial charge in [0.05, 0.1) is 25.2 Å². The topological polar surface area (TPSA) is 145 Å². The van der Waals surface area contributed by atoms with Crippen LogP contribution in [0.2, 0.25) is 0 Å². The average molecular weight is 795 g/mol. The summed E-state index contributed by atoms with van der Waals surface area (Å²) in [5.41, 5.74) is -0.112. The van der Waals surface area contributed by atoms with Crippen molar-refractivity contribution in [2.24, 2.45) is 11.8 Å². The quantitative estimate of drug-likeness (QED) is 0.114. The van der Waals surface area contributed by atoms with Crippen molar-refractivity contribution in [3.63, 3.8) is 0 Å². The number of fused-ring (bicyclic) bond motifs is 3. The van der Waals surface area contributed by atoms with Crippen molar-refractivity contribution < 1.29 is 37.1 Å². The summed E-state index contributed by atoms with van der Waals surface area (Å²) in [6.07, 6.45) is 2.12. The summed E-state index contributed by atoms with van der Waals surface area (Å²) in [5.74, 6) is -6.09. The van der Waals surface area contributed by atoms with Gasteiger partial charge >= 0.3 is 0 Å². The summed E-state index contributed by atoms with van der Waals surface area (Å²) in [7, 11) is 0. The van der Waals surface area contributed by atoms with Crippen LogP contribution in [0.3, 0.4) is 0 Å². The van der Waals surface area contributed by atoms with Gasteiger partial charge in [-0.3, -0.25) is 24.1 Å². The number of carbonyl (C=O) groups excluding carboxylic acids is 4. The first-order valence-electron chi connectivity index (χ1n) is 20.1. The summed E-state index contributed by atoms with van der Waals surface area (Å²) in [6, 6.07) is 8.92. The van der Waals surface area contributed by atoms with Crippen LogP contribution < -0.4 is 21.3 Å². The Balaban J connectivity index is 1.44. The molecule has 1 aromatic heterocycles. The first-order valence-corrected chi connectivity index (χ1v) is 20.1. The number of nitrogens with zero attached hydrogens (tertiary/aromatic N) is 1. The van der Waals surface area contributed by atoms with Crippen molar-refractivity contribution >= 4 is 34.5 Å². The molecule has 57 heavy (non-hydrogen) atoms. The number of halogens is 3. The van der Waals surface area contributed by atoms with Crippen molar-refractivity contribution in [1.82, 2.24) is 31.2 Å². The van der Waals surface area contributed by atoms with Crippen molar-refractivity contribution in [1.29, 1.82) is 0 Å². The highest BCUT2D eigenvalue weighted by atomic mass is 19.3. The monoisotopic (exact) mass is 794 g/mol. The third-order valence-corrected chi connectivity index (χ3v) is 11.8. The zero-order valence-corrected chi connectivity index (χ0v) is 33.5. The SMILES string of the molecule is C=CC(F)(F)c1cccc2c3c([nH]c12)CC[C@](NC(=O)[C@@H](NC(=O)Cc1ccccc1F)C(C)CC)(C(=O)N[C@H](CNC(=O)CCN1CCOCC1)C(C)CC)C3. The summed E-state index contributed by atoms with van der Waals surface area (Å²) in [5, 5.41) is 12.5. The maximum Gasteiger partial charge on any atom is 0.293 e. The minimum Gasteiger partial charge on any atom is -0.379 e. The van der Waals surface area contributed by atoms with Gasteiger partial charge in [-0.25, -0.2) is 4.39 Å². The van der Waals surface area contributed by atoms with Gasteiger partial charge in [0.15, 0.2) is 0 Å². The van der Waals surface area contributed by atoms with Crippen LogP contribution in [0.4, 0.5) is 13.2 Å². The lowest BCUT2D eigenvalue weighted by Crippen LogP contribution is -2.66. The van der Waals surface area contributed by atoms with Gasteiger partial charge in [0.2, 0.25) is 23.6 Å². The molecule has 11 nitrogen and oxygen atoms in total. The molecular formula is C43H57F3N6O5. The standard InChI is InChI=1S/C43H57F3N6O5/c1-6-27(4)35(26-47-36(53)17-19-52-20-22-57-23-21-52)49-41(56)42(18-16-34-31(25-42)30-13-11-14-32(39(30)48-34)43(45,46)8-3)51-40(55)38(28(5)7-2)50-37(54)24-29-12-9-10-15-33(29)44/h8-15,27-28,35,38,48H,3,6-7,16-26H2,1-2,4-5H3,(H,47,53)(H,49,56)(H,50,54)(H,51,55)/t27?,28?,35-,38+,42-/m1/s1. The van der Waals surface area contributed by atoms with Crippen LogP contribution in [0.1, 0.15) is 75.8 Å². The predicted octanol–water partition coefficient (Wildman–Crippen LogP) is 5.07. The number of carbonyl (C=O) groups is 4. The largest absolute Gasteiger partial charge is 0.379 e. The minimum absolute atomic E-state index is 0.0292. The molecule has 1 aliphatic carbocycles. The number of ether oxygens (including phenoxy) is 1. The van der Waals surface area contributed by atoms with Gasteiger partial charge in [-0.2, -0.15) is 8.78 Å². The molecule has 1 fully saturated rings. The minimum atomic E-state index is -3.32. The van der Waals surface area contributed by atoms with Crippen molar-refractivity contribution in [3.8, 4) is 0 Å². The van der Waals surface area contributed by atoms with Crippen LogP contribution in [0, 0.1) is 17.7 Å². The van der Waals surface area contributed by atoms with Crippen LogP contribution in [-0.2, 0) is 49.1 Å². The van der Waals surface area contributed by atoms with Crippen LogP contribution in [0.15, 0.2) is 55.1 Å². The van der Waals surface area contributed by atoms with E-state index in [2.05, 4.69) is 37.7 Å². The number of hydrogen-bond donors (Lipinski definition) is 5. The maximum atomic E-state index is 15.1. The van der Waals surface area contributed by atoms with Gasteiger partial charge in [0, 0.05) is 61.7 Å². The molecule has 0 spiro atoms. The molecule has 14 heteroatoms. The molecular weight excluding hydrogens is 738 g/mol. The number of nitrogens with one attached hydrogen (secondary N) is 5. The third kappa shape index (κ3) is 10.4. The number of amides is 4. The Morgan fingerprint density at radius 2 is 1.72 bits per heavy atom. The van der Waals surface area contributed by atoms with Crippen LogP contribution >= 0.6 is 0 Å². The Morgan fingerprint density at radius 3 is 2.40 bits per heavy atom. The van der Waals surface area contributed by atoms with Crippen LogP contribution in [0.5, 0.6) is 0 Å². The molecule has 2 aromatic carbocycles. The zero-order valence-electron chi connectivity index (χ0n) is 33.5. The van der Waals surface area contributed by atoms with Crippen molar-refractivity contribution in [2.75, 3.05) is 39.4 Å². The summed E-state index contributed by atoms with van der Waals surface area (Å²) in [6.45, 7) is 14.5. The van der Waals surface area contributed by atoms with Crippen LogP contribution in [-0.4, -0.2) is 90.5 Å². The number of para-hydroxylation sites is 1. The predicted molar refractivity (Wildman–Crippen MR) is 213 cm³/mol. The van der Waals surface area contributed by atoms with Gasteiger partial charge in [0.1, 0.15) is 17.4 Å². The third-order valence-electron chi connectivity index (χ3n) is 11.8. The van der Waals surface area contributed by atoms with Gasteiger partial charge < -0.3 is 31.0 Å². The van der Waals surface area contributed by atoms with E-state index >= 15 is 8.78 Å². The molecule has 0 radical (unpaired) electrons. The van der Waals surface area contributed by atoms with Crippen LogP contribution in [0.25, 0.3) is 10.9 Å². The molecule has 4 amide bonds. The molecule has 1 aliphatic heterocycles. The van der Waals surface area contributed by atoms with Gasteiger partial charge in [-0.15, -0.1) is 0 Å². The first-order chi connectivity index (χ1) is 27.2. The summed E-state index contributed by atoms with van der Waals surface area (Å²) >= 11 is 0. The zero-order chi connectivity index (χ0) is 41.3. The molecule has 0 saturated carbocycles. The fourth-order valence-electron chi connectivity index (χ4n) is 7.65. The van der Waals surface area contributed by atoms with E-state index in [0.29, 0.717) is 55.3 Å². The molecule has 2 heterocycles. The molecule has 0 bridgehead atoms. The van der Waals surface area contributed by atoms with Gasteiger partial charge in [-0.05, 0) is 47.9 Å².